The van der Waals surface area contributed by atoms with E-state index in [0.717, 1.165) is 18.7 Å². The molecule has 0 aromatic carbocycles. The minimum Gasteiger partial charge on any atom is -0.309 e. The van der Waals surface area contributed by atoms with Crippen LogP contribution in [0, 0.1) is 0 Å². The second-order valence-electron chi connectivity index (χ2n) is 3.34. The molecule has 2 rings (SSSR count). The molecule has 80 valence electrons. The molecule has 4 nitrogen and oxygen atoms in total. The molecule has 0 saturated carbocycles. The summed E-state index contributed by atoms with van der Waals surface area (Å²) in [7, 11) is 0. The zero-order chi connectivity index (χ0) is 10.5. The number of H-pyrrole nitrogens is 1. The molecule has 0 fully saturated rings. The molecule has 0 aliphatic heterocycles. The molecule has 2 N–H and O–H groups in total. The Labute approximate surface area is 92.7 Å². The van der Waals surface area contributed by atoms with E-state index in [1.165, 1.54) is 5.56 Å². The van der Waals surface area contributed by atoms with E-state index in [-0.39, 0.29) is 6.04 Å². The summed E-state index contributed by atoms with van der Waals surface area (Å²) in [5, 5.41) is 18.3. The summed E-state index contributed by atoms with van der Waals surface area (Å²) in [6.45, 7) is 3.03. The van der Waals surface area contributed by atoms with E-state index in [2.05, 4.69) is 44.5 Å². The lowest BCUT2D eigenvalue weighted by atomic mass is 10.1. The van der Waals surface area contributed by atoms with E-state index >= 15 is 0 Å². The number of hydrogen-bond acceptors (Lipinski definition) is 4. The average molecular weight is 222 g/mol. The lowest BCUT2D eigenvalue weighted by molar-refractivity contribution is 0.536. The molecule has 0 bridgehead atoms. The van der Waals surface area contributed by atoms with Crippen LogP contribution >= 0.6 is 11.3 Å². The molecule has 0 saturated heterocycles. The smallest absolute Gasteiger partial charge is 0.0997 e. The molecule has 0 aliphatic carbocycles. The Hall–Kier alpha value is -1.20. The lowest BCUT2D eigenvalue weighted by Crippen LogP contribution is -2.23. The minimum absolute atomic E-state index is 0.253. The molecule has 0 aliphatic rings. The maximum Gasteiger partial charge on any atom is 0.0997 e. The van der Waals surface area contributed by atoms with Gasteiger partial charge in [-0.05, 0) is 35.4 Å². The van der Waals surface area contributed by atoms with Crippen LogP contribution in [0.3, 0.4) is 0 Å². The van der Waals surface area contributed by atoms with Crippen molar-refractivity contribution in [1.82, 2.24) is 20.7 Å². The van der Waals surface area contributed by atoms with Crippen LogP contribution in [0.5, 0.6) is 0 Å². The molecule has 0 spiro atoms. The fourth-order valence-corrected chi connectivity index (χ4v) is 2.23. The van der Waals surface area contributed by atoms with E-state index in [0.29, 0.717) is 0 Å². The molecule has 1 unspecified atom stereocenters. The number of likely N-dealkylation sites (N-methyl/N-ethyl adjacent to an activating group) is 1. The first-order valence-corrected chi connectivity index (χ1v) is 5.94. The highest BCUT2D eigenvalue weighted by molar-refractivity contribution is 7.07. The van der Waals surface area contributed by atoms with Crippen LogP contribution in [-0.4, -0.2) is 22.0 Å². The van der Waals surface area contributed by atoms with Crippen molar-refractivity contribution >= 4 is 11.3 Å². The third-order valence-electron chi connectivity index (χ3n) is 2.26. The molecule has 0 radical (unpaired) electrons. The van der Waals surface area contributed by atoms with Crippen LogP contribution in [0.25, 0.3) is 0 Å². The van der Waals surface area contributed by atoms with Crippen molar-refractivity contribution in [3.63, 3.8) is 0 Å². The summed E-state index contributed by atoms with van der Waals surface area (Å²) in [5.41, 5.74) is 2.32. The van der Waals surface area contributed by atoms with Crippen LogP contribution < -0.4 is 5.32 Å². The Morgan fingerprint density at radius 3 is 3.13 bits per heavy atom. The first-order chi connectivity index (χ1) is 7.40. The lowest BCUT2D eigenvalue weighted by Gasteiger charge is -2.13. The second-order valence-corrected chi connectivity index (χ2v) is 4.12. The van der Waals surface area contributed by atoms with Gasteiger partial charge in [-0.15, -0.1) is 0 Å². The average Bonchev–Trinajstić information content (AvgIpc) is 2.89. The molecule has 2 heterocycles. The van der Waals surface area contributed by atoms with Crippen LogP contribution in [-0.2, 0) is 6.42 Å². The van der Waals surface area contributed by atoms with Crippen LogP contribution in [0.15, 0.2) is 23.0 Å². The molecular weight excluding hydrogens is 208 g/mol. The van der Waals surface area contributed by atoms with Gasteiger partial charge in [0.2, 0.25) is 0 Å². The van der Waals surface area contributed by atoms with Crippen molar-refractivity contribution in [3.8, 4) is 0 Å². The van der Waals surface area contributed by atoms with Gasteiger partial charge in [0.15, 0.2) is 0 Å². The van der Waals surface area contributed by atoms with Gasteiger partial charge in [0.05, 0.1) is 17.9 Å². The van der Waals surface area contributed by atoms with Crippen molar-refractivity contribution < 1.29 is 0 Å². The molecule has 5 heteroatoms. The van der Waals surface area contributed by atoms with Gasteiger partial charge >= 0.3 is 0 Å². The largest absolute Gasteiger partial charge is 0.309 e. The number of aromatic amines is 1. The number of aromatic nitrogens is 3. The molecule has 0 amide bonds. The first kappa shape index (κ1) is 10.3. The summed E-state index contributed by atoms with van der Waals surface area (Å²) < 4.78 is 0. The van der Waals surface area contributed by atoms with Gasteiger partial charge in [0.1, 0.15) is 0 Å². The number of nitrogens with zero attached hydrogens (tertiary/aromatic N) is 2. The number of hydrogen-bond donors (Lipinski definition) is 2. The van der Waals surface area contributed by atoms with Gasteiger partial charge in [-0.25, -0.2) is 0 Å². The Morgan fingerprint density at radius 1 is 1.60 bits per heavy atom. The van der Waals surface area contributed by atoms with Crippen LogP contribution in [0.2, 0.25) is 0 Å². The highest BCUT2D eigenvalue weighted by Crippen LogP contribution is 2.17. The molecule has 2 aromatic rings. The first-order valence-electron chi connectivity index (χ1n) is 5.00. The fourth-order valence-electron chi connectivity index (χ4n) is 1.55. The Morgan fingerprint density at radius 2 is 2.53 bits per heavy atom. The number of rotatable bonds is 5. The second kappa shape index (κ2) is 5.04. The van der Waals surface area contributed by atoms with Crippen molar-refractivity contribution in [2.75, 3.05) is 6.54 Å². The topological polar surface area (TPSA) is 53.6 Å². The summed E-state index contributed by atoms with van der Waals surface area (Å²) in [6, 6.07) is 2.40. The highest BCUT2D eigenvalue weighted by Gasteiger charge is 2.13. The Balaban J connectivity index is 2.07. The van der Waals surface area contributed by atoms with Gasteiger partial charge in [-0.1, -0.05) is 6.92 Å². The van der Waals surface area contributed by atoms with Gasteiger partial charge in [-0.3, -0.25) is 0 Å². The monoisotopic (exact) mass is 222 g/mol. The number of thiophene rings is 1. The standard InChI is InChI=1S/C10H14N4S/c1-2-11-9(10-6-12-14-13-10)5-8-3-4-15-7-8/h3-4,6-7,9,11H,2,5H2,1H3,(H,12,13,14). The highest BCUT2D eigenvalue weighted by atomic mass is 32.1. The van der Waals surface area contributed by atoms with Gasteiger partial charge in [0, 0.05) is 0 Å². The van der Waals surface area contributed by atoms with Gasteiger partial charge in [0.25, 0.3) is 0 Å². The summed E-state index contributed by atoms with van der Waals surface area (Å²) in [4.78, 5) is 0. The van der Waals surface area contributed by atoms with Crippen molar-refractivity contribution in [2.24, 2.45) is 0 Å². The maximum atomic E-state index is 4.12. The molecule has 2 aromatic heterocycles. The minimum atomic E-state index is 0.253. The zero-order valence-electron chi connectivity index (χ0n) is 8.60. The quantitative estimate of drug-likeness (QED) is 0.810. The predicted molar refractivity (Wildman–Crippen MR) is 60.8 cm³/mol. The molecule has 15 heavy (non-hydrogen) atoms. The van der Waals surface area contributed by atoms with E-state index < -0.39 is 0 Å². The fraction of sp³-hybridized carbons (Fsp3) is 0.400. The predicted octanol–water partition coefficient (Wildman–Crippen LogP) is 1.76. The SMILES string of the molecule is CCNC(Cc1ccsc1)c1cn[nH]n1. The Bertz CT molecular complexity index is 368. The van der Waals surface area contributed by atoms with Crippen molar-refractivity contribution in [1.29, 1.82) is 0 Å². The molecular formula is C10H14N4S. The van der Waals surface area contributed by atoms with E-state index in [1.807, 2.05) is 0 Å². The summed E-state index contributed by atoms with van der Waals surface area (Å²) in [5.74, 6) is 0. The van der Waals surface area contributed by atoms with E-state index in [4.69, 9.17) is 0 Å². The van der Waals surface area contributed by atoms with Crippen LogP contribution in [0.4, 0.5) is 0 Å². The maximum absolute atomic E-state index is 4.12. The van der Waals surface area contributed by atoms with Gasteiger partial charge in [-0.2, -0.15) is 26.7 Å². The third kappa shape index (κ3) is 2.64. The number of nitrogens with one attached hydrogen (secondary N) is 2. The van der Waals surface area contributed by atoms with E-state index in [9.17, 15) is 0 Å². The van der Waals surface area contributed by atoms with E-state index in [1.54, 1.807) is 17.5 Å². The van der Waals surface area contributed by atoms with Crippen molar-refractivity contribution in [2.45, 2.75) is 19.4 Å². The molecule has 1 atom stereocenters. The van der Waals surface area contributed by atoms with Crippen molar-refractivity contribution in [3.05, 3.63) is 34.3 Å². The zero-order valence-corrected chi connectivity index (χ0v) is 9.42. The van der Waals surface area contributed by atoms with Gasteiger partial charge < -0.3 is 5.32 Å². The summed E-state index contributed by atoms with van der Waals surface area (Å²) in [6.07, 6.45) is 2.74. The van der Waals surface area contributed by atoms with Crippen LogP contribution in [0.1, 0.15) is 24.2 Å². The Kier molecular flexibility index (Phi) is 3.47. The summed E-state index contributed by atoms with van der Waals surface area (Å²) >= 11 is 1.73. The normalized spacial score (nSPS) is 12.9. The third-order valence-corrected chi connectivity index (χ3v) is 2.99.